The van der Waals surface area contributed by atoms with Crippen molar-refractivity contribution in [2.45, 2.75) is 13.5 Å². The minimum absolute atomic E-state index is 0.223. The van der Waals surface area contributed by atoms with Crippen molar-refractivity contribution < 1.29 is 9.18 Å². The molecule has 5 rings (SSSR count). The first-order chi connectivity index (χ1) is 16.3. The van der Waals surface area contributed by atoms with Crippen LogP contribution in [0.2, 0.25) is 10.0 Å². The van der Waals surface area contributed by atoms with Crippen molar-refractivity contribution in [3.05, 3.63) is 104 Å². The van der Waals surface area contributed by atoms with E-state index in [-0.39, 0.29) is 11.7 Å². The number of carbonyl (C=O) groups excluding carboxylic acids is 1. The average Bonchev–Trinajstić information content (AvgIpc) is 3.25. The maximum absolute atomic E-state index is 14.4. The number of fused-ring (bicyclic) bond motifs is 1. The van der Waals surface area contributed by atoms with Gasteiger partial charge in [-0.25, -0.2) is 4.39 Å². The number of para-hydroxylation sites is 1. The molecule has 2 heterocycles. The molecule has 0 N–H and O–H groups in total. The van der Waals surface area contributed by atoms with Gasteiger partial charge in [0.2, 0.25) is 0 Å². The van der Waals surface area contributed by atoms with Gasteiger partial charge in [-0.2, -0.15) is 0 Å². The average molecular weight is 527 g/mol. The highest BCUT2D eigenvalue weighted by atomic mass is 35.5. The molecular weight excluding hydrogens is 510 g/mol. The summed E-state index contributed by atoms with van der Waals surface area (Å²) in [6.07, 6.45) is 1.87. The van der Waals surface area contributed by atoms with E-state index in [1.807, 2.05) is 43.3 Å². The van der Waals surface area contributed by atoms with Gasteiger partial charge in [0.25, 0.3) is 5.91 Å². The number of rotatable bonds is 4. The third-order valence-corrected chi connectivity index (χ3v) is 7.84. The molecule has 1 saturated heterocycles. The molecule has 0 atom stereocenters. The summed E-state index contributed by atoms with van der Waals surface area (Å²) in [5.41, 5.74) is 3.98. The van der Waals surface area contributed by atoms with Crippen LogP contribution >= 0.6 is 47.2 Å². The number of aromatic nitrogens is 1. The Morgan fingerprint density at radius 1 is 1.03 bits per heavy atom. The van der Waals surface area contributed by atoms with Crippen LogP contribution in [0.1, 0.15) is 16.8 Å². The molecule has 1 aliphatic rings. The minimum Gasteiger partial charge on any atom is -0.340 e. The van der Waals surface area contributed by atoms with E-state index in [1.54, 1.807) is 30.3 Å². The van der Waals surface area contributed by atoms with Crippen LogP contribution in [-0.4, -0.2) is 14.8 Å². The van der Waals surface area contributed by atoms with Gasteiger partial charge in [0.05, 0.1) is 27.2 Å². The third kappa shape index (κ3) is 4.05. The maximum Gasteiger partial charge on any atom is 0.270 e. The zero-order chi connectivity index (χ0) is 24.0. The molecule has 3 aromatic carbocycles. The van der Waals surface area contributed by atoms with Crippen molar-refractivity contribution in [1.29, 1.82) is 0 Å². The molecule has 4 aromatic rings. The molecule has 0 saturated carbocycles. The Morgan fingerprint density at radius 2 is 1.76 bits per heavy atom. The number of amides is 1. The number of nitrogens with zero attached hydrogens (tertiary/aromatic N) is 2. The second-order valence-electron chi connectivity index (χ2n) is 7.81. The summed E-state index contributed by atoms with van der Waals surface area (Å²) in [6.45, 7) is 2.36. The van der Waals surface area contributed by atoms with E-state index in [0.29, 0.717) is 37.1 Å². The van der Waals surface area contributed by atoms with Crippen molar-refractivity contribution in [3.63, 3.8) is 0 Å². The van der Waals surface area contributed by atoms with Gasteiger partial charge in [-0.3, -0.25) is 9.69 Å². The summed E-state index contributed by atoms with van der Waals surface area (Å²) in [5, 5.41) is 1.74. The maximum atomic E-state index is 14.4. The second kappa shape index (κ2) is 9.19. The Morgan fingerprint density at radius 3 is 2.53 bits per heavy atom. The van der Waals surface area contributed by atoms with Gasteiger partial charge in [-0.1, -0.05) is 83.6 Å². The van der Waals surface area contributed by atoms with Gasteiger partial charge in [-0.15, -0.1) is 0 Å². The first-order valence-electron chi connectivity index (χ1n) is 10.4. The van der Waals surface area contributed by atoms with Crippen LogP contribution in [-0.2, 0) is 11.3 Å². The molecule has 1 fully saturated rings. The van der Waals surface area contributed by atoms with Gasteiger partial charge >= 0.3 is 0 Å². The number of thiocarbonyl (C=S) groups is 1. The quantitative estimate of drug-likeness (QED) is 0.200. The number of anilines is 1. The molecule has 170 valence electrons. The van der Waals surface area contributed by atoms with Gasteiger partial charge in [0, 0.05) is 27.7 Å². The highest BCUT2D eigenvalue weighted by molar-refractivity contribution is 8.27. The molecule has 0 radical (unpaired) electrons. The zero-order valence-corrected chi connectivity index (χ0v) is 21.0. The molecule has 8 heteroatoms. The largest absolute Gasteiger partial charge is 0.340 e. The summed E-state index contributed by atoms with van der Waals surface area (Å²) in [6, 6.07) is 19.7. The Hall–Kier alpha value is -2.64. The van der Waals surface area contributed by atoms with Crippen LogP contribution in [0.3, 0.4) is 0 Å². The fourth-order valence-electron chi connectivity index (χ4n) is 4.09. The Labute approximate surface area is 215 Å². The number of hydrogen-bond acceptors (Lipinski definition) is 3. The summed E-state index contributed by atoms with van der Waals surface area (Å²) in [7, 11) is 0. The Bertz CT molecular complexity index is 1510. The van der Waals surface area contributed by atoms with Crippen LogP contribution in [0.15, 0.2) is 71.6 Å². The lowest BCUT2D eigenvalue weighted by molar-refractivity contribution is -0.113. The predicted octanol–water partition coefficient (Wildman–Crippen LogP) is 7.85. The highest BCUT2D eigenvalue weighted by Gasteiger charge is 2.34. The molecule has 0 aliphatic carbocycles. The molecule has 0 spiro atoms. The number of benzene rings is 3. The van der Waals surface area contributed by atoms with Gasteiger partial charge in [0.15, 0.2) is 4.32 Å². The Balaban J connectivity index is 1.57. The lowest BCUT2D eigenvalue weighted by Gasteiger charge is -2.15. The van der Waals surface area contributed by atoms with E-state index in [1.165, 1.54) is 22.7 Å². The minimum atomic E-state index is -0.247. The van der Waals surface area contributed by atoms with E-state index in [2.05, 4.69) is 4.57 Å². The number of hydrogen-bond donors (Lipinski definition) is 0. The smallest absolute Gasteiger partial charge is 0.270 e. The zero-order valence-electron chi connectivity index (χ0n) is 17.9. The van der Waals surface area contributed by atoms with Gasteiger partial charge in [0.1, 0.15) is 5.82 Å². The molecule has 1 aromatic heterocycles. The lowest BCUT2D eigenvalue weighted by Crippen LogP contribution is -2.27. The fourth-order valence-corrected chi connectivity index (χ4v) is 5.66. The molecule has 0 unspecified atom stereocenters. The predicted molar refractivity (Wildman–Crippen MR) is 144 cm³/mol. The first kappa shape index (κ1) is 23.1. The number of thioether (sulfide) groups is 1. The molecule has 1 aliphatic heterocycles. The van der Waals surface area contributed by atoms with Crippen molar-refractivity contribution >= 4 is 80.1 Å². The van der Waals surface area contributed by atoms with E-state index in [0.717, 1.165) is 22.2 Å². The molecule has 1 amide bonds. The fraction of sp³-hybridized carbons (Fsp3) is 0.0769. The number of halogens is 3. The second-order valence-corrected chi connectivity index (χ2v) is 10.3. The summed E-state index contributed by atoms with van der Waals surface area (Å²) >= 11 is 18.9. The topological polar surface area (TPSA) is 25.2 Å². The van der Waals surface area contributed by atoms with Crippen molar-refractivity contribution in [1.82, 2.24) is 4.57 Å². The molecule has 0 bridgehead atoms. The monoisotopic (exact) mass is 526 g/mol. The van der Waals surface area contributed by atoms with E-state index < -0.39 is 0 Å². The van der Waals surface area contributed by atoms with Crippen LogP contribution in [0, 0.1) is 12.7 Å². The Kier molecular flexibility index (Phi) is 6.25. The van der Waals surface area contributed by atoms with Crippen LogP contribution in [0.25, 0.3) is 17.0 Å². The van der Waals surface area contributed by atoms with Crippen molar-refractivity contribution in [2.75, 3.05) is 4.90 Å². The lowest BCUT2D eigenvalue weighted by atomic mass is 10.1. The van der Waals surface area contributed by atoms with Gasteiger partial charge < -0.3 is 4.57 Å². The molecule has 3 nitrogen and oxygen atoms in total. The van der Waals surface area contributed by atoms with E-state index >= 15 is 0 Å². The van der Waals surface area contributed by atoms with Crippen LogP contribution < -0.4 is 4.90 Å². The first-order valence-corrected chi connectivity index (χ1v) is 12.4. The van der Waals surface area contributed by atoms with Gasteiger partial charge in [-0.05, 0) is 43.3 Å². The number of carbonyl (C=O) groups is 1. The van der Waals surface area contributed by atoms with Crippen LogP contribution in [0.4, 0.5) is 10.1 Å². The van der Waals surface area contributed by atoms with Crippen molar-refractivity contribution in [3.8, 4) is 0 Å². The normalized spacial score (nSPS) is 15.2. The highest BCUT2D eigenvalue weighted by Crippen LogP contribution is 2.39. The SMILES string of the molecule is Cc1c(/C=C2/SC(=S)N(c3ccc(Cl)c(Cl)c3)C2=O)c2ccccc2n1Cc1ccccc1F. The summed E-state index contributed by atoms with van der Waals surface area (Å²) in [4.78, 5) is 15.3. The molecular formula is C26H17Cl2FN2OS2. The van der Waals surface area contributed by atoms with Crippen molar-refractivity contribution in [2.24, 2.45) is 0 Å². The molecule has 34 heavy (non-hydrogen) atoms. The standard InChI is InChI=1S/C26H17Cl2FN2OS2/c1-15-19(13-24-25(32)31(26(33)34-24)17-10-11-20(27)21(28)12-17)18-7-3-5-9-23(18)30(15)14-16-6-2-4-8-22(16)29/h2-13H,14H2,1H3/b24-13+. The third-order valence-electron chi connectivity index (χ3n) is 5.80. The summed E-state index contributed by atoms with van der Waals surface area (Å²) < 4.78 is 16.9. The van der Waals surface area contributed by atoms with E-state index in [4.69, 9.17) is 35.4 Å². The van der Waals surface area contributed by atoms with E-state index in [9.17, 15) is 9.18 Å². The van der Waals surface area contributed by atoms with Crippen LogP contribution in [0.5, 0.6) is 0 Å². The summed E-state index contributed by atoms with van der Waals surface area (Å²) in [5.74, 6) is -0.470.